The van der Waals surface area contributed by atoms with Crippen LogP contribution in [0.25, 0.3) is 0 Å². The van der Waals surface area contributed by atoms with Gasteiger partial charge < -0.3 is 10.1 Å². The normalized spacial score (nSPS) is 27.1. The van der Waals surface area contributed by atoms with Crippen molar-refractivity contribution in [2.24, 2.45) is 0 Å². The van der Waals surface area contributed by atoms with E-state index in [-0.39, 0.29) is 11.7 Å². The monoisotopic (exact) mass is 261 g/mol. The Balaban J connectivity index is 2.29. The van der Waals surface area contributed by atoms with Gasteiger partial charge in [0.2, 0.25) is 0 Å². The summed E-state index contributed by atoms with van der Waals surface area (Å²) in [5.74, 6) is 0.568. The minimum atomic E-state index is -0.0498. The van der Waals surface area contributed by atoms with Crippen LogP contribution in [0.3, 0.4) is 0 Å². The third-order valence-electron chi connectivity index (χ3n) is 4.45. The van der Waals surface area contributed by atoms with Gasteiger partial charge in [-0.05, 0) is 50.8 Å². The van der Waals surface area contributed by atoms with E-state index in [4.69, 9.17) is 4.74 Å². The zero-order valence-electron chi connectivity index (χ0n) is 12.9. The number of rotatable bonds is 4. The first-order valence-corrected chi connectivity index (χ1v) is 7.42. The highest BCUT2D eigenvalue weighted by atomic mass is 16.5. The van der Waals surface area contributed by atoms with Crippen LogP contribution in [0.2, 0.25) is 0 Å². The smallest absolute Gasteiger partial charge is 0.0782 e. The van der Waals surface area contributed by atoms with E-state index in [1.54, 1.807) is 0 Å². The average molecular weight is 261 g/mol. The summed E-state index contributed by atoms with van der Waals surface area (Å²) < 4.78 is 6.40. The molecular weight excluding hydrogens is 234 g/mol. The third-order valence-corrected chi connectivity index (χ3v) is 4.45. The van der Waals surface area contributed by atoms with Crippen molar-refractivity contribution in [1.82, 2.24) is 5.32 Å². The van der Waals surface area contributed by atoms with Gasteiger partial charge in [0.15, 0.2) is 0 Å². The maximum absolute atomic E-state index is 6.40. The fourth-order valence-electron chi connectivity index (χ4n) is 3.01. The van der Waals surface area contributed by atoms with Crippen molar-refractivity contribution in [3.8, 4) is 0 Å². The molecule has 2 heteroatoms. The standard InChI is InChI=1S/C17H27NO/c1-6-17(3,4)19-15-11-12(2)13-9-7-8-10-14(13)16(15)18-5/h7-10,12,15-16,18H,6,11H2,1-5H3. The summed E-state index contributed by atoms with van der Waals surface area (Å²) in [4.78, 5) is 0. The second kappa shape index (κ2) is 5.64. The number of likely N-dealkylation sites (N-methyl/N-ethyl adjacent to an activating group) is 1. The van der Waals surface area contributed by atoms with E-state index in [1.807, 2.05) is 7.05 Å². The summed E-state index contributed by atoms with van der Waals surface area (Å²) in [6.45, 7) is 8.87. The Morgan fingerprint density at radius 1 is 1.26 bits per heavy atom. The van der Waals surface area contributed by atoms with E-state index in [0.29, 0.717) is 12.0 Å². The third kappa shape index (κ3) is 3.01. The zero-order valence-corrected chi connectivity index (χ0v) is 12.9. The molecule has 0 heterocycles. The molecule has 0 radical (unpaired) electrons. The number of fused-ring (bicyclic) bond motifs is 1. The SMILES string of the molecule is CCC(C)(C)OC1CC(C)c2ccccc2C1NC. The molecule has 1 aromatic carbocycles. The van der Waals surface area contributed by atoms with Crippen LogP contribution in [0, 0.1) is 0 Å². The highest BCUT2D eigenvalue weighted by Crippen LogP contribution is 2.40. The molecule has 0 aliphatic heterocycles. The Morgan fingerprint density at radius 2 is 1.89 bits per heavy atom. The van der Waals surface area contributed by atoms with Gasteiger partial charge in [-0.1, -0.05) is 38.1 Å². The lowest BCUT2D eigenvalue weighted by atomic mass is 9.79. The van der Waals surface area contributed by atoms with Crippen LogP contribution in [0.4, 0.5) is 0 Å². The van der Waals surface area contributed by atoms with Gasteiger partial charge in [0.25, 0.3) is 0 Å². The number of hydrogen-bond acceptors (Lipinski definition) is 2. The van der Waals surface area contributed by atoms with Crippen LogP contribution < -0.4 is 5.32 Å². The molecule has 19 heavy (non-hydrogen) atoms. The van der Waals surface area contributed by atoms with Crippen molar-refractivity contribution in [3.05, 3.63) is 35.4 Å². The van der Waals surface area contributed by atoms with Gasteiger partial charge in [0.1, 0.15) is 0 Å². The molecule has 1 aliphatic rings. The van der Waals surface area contributed by atoms with Gasteiger partial charge in [-0.3, -0.25) is 0 Å². The van der Waals surface area contributed by atoms with Crippen LogP contribution in [-0.2, 0) is 4.74 Å². The largest absolute Gasteiger partial charge is 0.370 e. The molecule has 0 fully saturated rings. The van der Waals surface area contributed by atoms with Gasteiger partial charge in [-0.25, -0.2) is 0 Å². The second-order valence-corrected chi connectivity index (χ2v) is 6.30. The summed E-state index contributed by atoms with van der Waals surface area (Å²) in [6, 6.07) is 9.06. The van der Waals surface area contributed by atoms with Crippen molar-refractivity contribution in [2.75, 3.05) is 7.05 Å². The Labute approximate surface area is 117 Å². The molecule has 3 unspecified atom stereocenters. The van der Waals surface area contributed by atoms with Gasteiger partial charge in [0, 0.05) is 0 Å². The Bertz CT molecular complexity index is 427. The van der Waals surface area contributed by atoms with E-state index in [1.165, 1.54) is 11.1 Å². The highest BCUT2D eigenvalue weighted by molar-refractivity contribution is 5.36. The maximum atomic E-state index is 6.40. The summed E-state index contributed by atoms with van der Waals surface area (Å²) >= 11 is 0. The molecule has 1 aliphatic carbocycles. The summed E-state index contributed by atoms with van der Waals surface area (Å²) in [5.41, 5.74) is 2.82. The highest BCUT2D eigenvalue weighted by Gasteiger charge is 2.35. The maximum Gasteiger partial charge on any atom is 0.0782 e. The molecule has 3 atom stereocenters. The van der Waals surface area contributed by atoms with Gasteiger partial charge >= 0.3 is 0 Å². The molecule has 1 aromatic rings. The van der Waals surface area contributed by atoms with E-state index in [9.17, 15) is 0 Å². The van der Waals surface area contributed by atoms with Crippen molar-refractivity contribution < 1.29 is 4.74 Å². The minimum absolute atomic E-state index is 0.0498. The van der Waals surface area contributed by atoms with E-state index >= 15 is 0 Å². The lowest BCUT2D eigenvalue weighted by molar-refractivity contribution is -0.0954. The first-order valence-electron chi connectivity index (χ1n) is 7.42. The molecule has 0 spiro atoms. The molecular formula is C17H27NO. The Hall–Kier alpha value is -0.860. The Morgan fingerprint density at radius 3 is 2.47 bits per heavy atom. The summed E-state index contributed by atoms with van der Waals surface area (Å²) in [7, 11) is 2.03. The predicted octanol–water partition coefficient (Wildman–Crippen LogP) is 4.03. The molecule has 0 saturated heterocycles. The van der Waals surface area contributed by atoms with Crippen LogP contribution >= 0.6 is 0 Å². The number of ether oxygens (including phenoxy) is 1. The number of benzene rings is 1. The molecule has 0 aromatic heterocycles. The quantitative estimate of drug-likeness (QED) is 0.883. The first kappa shape index (κ1) is 14.5. The lowest BCUT2D eigenvalue weighted by Crippen LogP contribution is -2.41. The first-order chi connectivity index (χ1) is 8.98. The minimum Gasteiger partial charge on any atom is -0.370 e. The van der Waals surface area contributed by atoms with E-state index in [0.717, 1.165) is 12.8 Å². The fourth-order valence-corrected chi connectivity index (χ4v) is 3.01. The molecule has 0 saturated carbocycles. The zero-order chi connectivity index (χ0) is 14.0. The van der Waals surface area contributed by atoms with Gasteiger partial charge in [0.05, 0.1) is 17.7 Å². The average Bonchev–Trinajstić information content (AvgIpc) is 2.39. The van der Waals surface area contributed by atoms with E-state index < -0.39 is 0 Å². The molecule has 0 amide bonds. The molecule has 2 nitrogen and oxygen atoms in total. The fraction of sp³-hybridized carbons (Fsp3) is 0.647. The van der Waals surface area contributed by atoms with Crippen LogP contribution in [0.15, 0.2) is 24.3 Å². The summed E-state index contributed by atoms with van der Waals surface area (Å²) in [5, 5.41) is 3.45. The lowest BCUT2D eigenvalue weighted by Gasteiger charge is -2.40. The molecule has 1 N–H and O–H groups in total. The topological polar surface area (TPSA) is 21.3 Å². The van der Waals surface area contributed by atoms with Crippen LogP contribution in [-0.4, -0.2) is 18.8 Å². The molecule has 0 bridgehead atoms. The number of nitrogens with one attached hydrogen (secondary N) is 1. The van der Waals surface area contributed by atoms with E-state index in [2.05, 4.69) is 57.3 Å². The molecule has 106 valence electrons. The molecule has 2 rings (SSSR count). The van der Waals surface area contributed by atoms with Gasteiger partial charge in [-0.15, -0.1) is 0 Å². The number of hydrogen-bond donors (Lipinski definition) is 1. The Kier molecular flexibility index (Phi) is 4.32. The van der Waals surface area contributed by atoms with Crippen LogP contribution in [0.5, 0.6) is 0 Å². The van der Waals surface area contributed by atoms with Crippen molar-refractivity contribution in [3.63, 3.8) is 0 Å². The van der Waals surface area contributed by atoms with Crippen LogP contribution in [0.1, 0.15) is 63.6 Å². The summed E-state index contributed by atoms with van der Waals surface area (Å²) in [6.07, 6.45) is 2.38. The predicted molar refractivity (Wildman–Crippen MR) is 80.5 cm³/mol. The van der Waals surface area contributed by atoms with Gasteiger partial charge in [-0.2, -0.15) is 0 Å². The van der Waals surface area contributed by atoms with Crippen molar-refractivity contribution >= 4 is 0 Å². The van der Waals surface area contributed by atoms with Crippen molar-refractivity contribution in [2.45, 2.75) is 64.2 Å². The van der Waals surface area contributed by atoms with Crippen molar-refractivity contribution in [1.29, 1.82) is 0 Å². The second-order valence-electron chi connectivity index (χ2n) is 6.30.